The number of amides is 1. The number of phenolic OH excluding ortho intramolecular Hbond substituents is 1. The van der Waals surface area contributed by atoms with E-state index in [1.807, 2.05) is 36.4 Å². The van der Waals surface area contributed by atoms with Gasteiger partial charge in [0.2, 0.25) is 0 Å². The second kappa shape index (κ2) is 7.06. The molecule has 23 heavy (non-hydrogen) atoms. The number of aromatic hydroxyl groups is 1. The van der Waals surface area contributed by atoms with E-state index in [9.17, 15) is 9.90 Å². The molecule has 122 valence electrons. The number of carbonyl (C=O) groups is 1. The third-order valence-electron chi connectivity index (χ3n) is 3.49. The minimum absolute atomic E-state index is 0.0158. The molecule has 0 unspecified atom stereocenters. The average Bonchev–Trinajstić information content (AvgIpc) is 2.49. The highest BCUT2D eigenvalue weighted by molar-refractivity contribution is 7.97. The van der Waals surface area contributed by atoms with Gasteiger partial charge in [-0.2, -0.15) is 4.83 Å². The highest BCUT2D eigenvalue weighted by Gasteiger charge is 2.20. The molecule has 3 N–H and O–H groups in total. The Hall–Kier alpha value is -1.98. The first-order chi connectivity index (χ1) is 10.8. The molecule has 0 saturated heterocycles. The van der Waals surface area contributed by atoms with E-state index < -0.39 is 0 Å². The summed E-state index contributed by atoms with van der Waals surface area (Å²) in [5.41, 5.74) is 4.49. The second-order valence-corrected chi connectivity index (χ2v) is 7.29. The third-order valence-corrected chi connectivity index (χ3v) is 4.20. The SMILES string of the molecule is Cc1cc(C(C)(C)C)cc(C(=O)NNSc2ccccc2)c1O. The smallest absolute Gasteiger partial charge is 0.269 e. The predicted octanol–water partition coefficient (Wildman–Crippen LogP) is 3.94. The Morgan fingerprint density at radius 1 is 1.13 bits per heavy atom. The van der Waals surface area contributed by atoms with Crippen molar-refractivity contribution >= 4 is 17.9 Å². The van der Waals surface area contributed by atoms with Crippen LogP contribution in [0.15, 0.2) is 47.4 Å². The minimum atomic E-state index is -0.361. The molecule has 0 heterocycles. The van der Waals surface area contributed by atoms with Crippen LogP contribution in [-0.4, -0.2) is 11.0 Å². The molecule has 0 spiro atoms. The van der Waals surface area contributed by atoms with Crippen molar-refractivity contribution in [3.05, 3.63) is 59.2 Å². The summed E-state index contributed by atoms with van der Waals surface area (Å²) in [6, 6.07) is 13.3. The first-order valence-electron chi connectivity index (χ1n) is 7.40. The molecule has 0 atom stereocenters. The van der Waals surface area contributed by atoms with E-state index >= 15 is 0 Å². The molecule has 4 nitrogen and oxygen atoms in total. The number of aryl methyl sites for hydroxylation is 1. The lowest BCUT2D eigenvalue weighted by molar-refractivity contribution is 0.0944. The van der Waals surface area contributed by atoms with Crippen LogP contribution in [-0.2, 0) is 5.41 Å². The molecule has 2 rings (SSSR count). The topological polar surface area (TPSA) is 61.4 Å². The lowest BCUT2D eigenvalue weighted by atomic mass is 9.85. The van der Waals surface area contributed by atoms with Gasteiger partial charge in [0.1, 0.15) is 5.75 Å². The van der Waals surface area contributed by atoms with Crippen molar-refractivity contribution in [2.45, 2.75) is 38.0 Å². The summed E-state index contributed by atoms with van der Waals surface area (Å²) in [6.45, 7) is 8.02. The summed E-state index contributed by atoms with van der Waals surface area (Å²) in [6.07, 6.45) is 0. The summed E-state index contributed by atoms with van der Waals surface area (Å²) in [7, 11) is 0. The number of phenols is 1. The van der Waals surface area contributed by atoms with Crippen LogP contribution in [0.25, 0.3) is 0 Å². The number of hydrazine groups is 1. The molecule has 0 aliphatic carbocycles. The zero-order chi connectivity index (χ0) is 17.0. The maximum atomic E-state index is 12.3. The van der Waals surface area contributed by atoms with E-state index in [-0.39, 0.29) is 22.6 Å². The van der Waals surface area contributed by atoms with E-state index in [1.165, 1.54) is 11.9 Å². The number of benzene rings is 2. The molecule has 0 aromatic heterocycles. The first kappa shape index (κ1) is 17.4. The van der Waals surface area contributed by atoms with Crippen LogP contribution in [0.5, 0.6) is 5.75 Å². The normalized spacial score (nSPS) is 11.3. The molecular formula is C18H22N2O2S. The van der Waals surface area contributed by atoms with Gasteiger partial charge in [-0.05, 0) is 53.6 Å². The summed E-state index contributed by atoms with van der Waals surface area (Å²) < 4.78 is 0. The lowest BCUT2D eigenvalue weighted by Gasteiger charge is -2.21. The van der Waals surface area contributed by atoms with E-state index in [0.29, 0.717) is 5.56 Å². The van der Waals surface area contributed by atoms with Crippen molar-refractivity contribution in [2.75, 3.05) is 0 Å². The van der Waals surface area contributed by atoms with Gasteiger partial charge in [-0.3, -0.25) is 10.2 Å². The second-order valence-electron chi connectivity index (χ2n) is 6.41. The van der Waals surface area contributed by atoms with Gasteiger partial charge in [0.15, 0.2) is 0 Å². The zero-order valence-corrected chi connectivity index (χ0v) is 14.6. The van der Waals surface area contributed by atoms with Crippen molar-refractivity contribution in [3.63, 3.8) is 0 Å². The Kier molecular flexibility index (Phi) is 5.34. The Morgan fingerprint density at radius 2 is 1.78 bits per heavy atom. The van der Waals surface area contributed by atoms with Crippen LogP contribution >= 0.6 is 11.9 Å². The van der Waals surface area contributed by atoms with Crippen molar-refractivity contribution in [2.24, 2.45) is 0 Å². The van der Waals surface area contributed by atoms with Gasteiger partial charge in [0.25, 0.3) is 5.91 Å². The molecular weight excluding hydrogens is 308 g/mol. The molecule has 0 aliphatic heterocycles. The summed E-state index contributed by atoms with van der Waals surface area (Å²) in [4.78, 5) is 16.1. The van der Waals surface area contributed by atoms with E-state index in [4.69, 9.17) is 0 Å². The van der Waals surface area contributed by atoms with Crippen molar-refractivity contribution < 1.29 is 9.90 Å². The fraction of sp³-hybridized carbons (Fsp3) is 0.278. The van der Waals surface area contributed by atoms with Gasteiger partial charge in [-0.1, -0.05) is 45.0 Å². The Morgan fingerprint density at radius 3 is 2.39 bits per heavy atom. The minimum Gasteiger partial charge on any atom is -0.507 e. The van der Waals surface area contributed by atoms with Crippen LogP contribution in [0.3, 0.4) is 0 Å². The number of nitrogens with one attached hydrogen (secondary N) is 2. The number of rotatable bonds is 4. The van der Waals surface area contributed by atoms with E-state index in [0.717, 1.165) is 10.5 Å². The van der Waals surface area contributed by atoms with Crippen molar-refractivity contribution in [3.8, 4) is 5.75 Å². The fourth-order valence-electron chi connectivity index (χ4n) is 2.07. The molecule has 0 radical (unpaired) electrons. The van der Waals surface area contributed by atoms with Crippen LogP contribution in [0.1, 0.15) is 42.3 Å². The molecule has 0 bridgehead atoms. The summed E-state index contributed by atoms with van der Waals surface area (Å²) >= 11 is 1.30. The maximum absolute atomic E-state index is 12.3. The zero-order valence-electron chi connectivity index (χ0n) is 13.8. The molecule has 0 fully saturated rings. The van der Waals surface area contributed by atoms with Gasteiger partial charge in [0.05, 0.1) is 5.56 Å². The average molecular weight is 330 g/mol. The number of hydrogen-bond acceptors (Lipinski definition) is 4. The number of carbonyl (C=O) groups excluding carboxylic acids is 1. The van der Waals surface area contributed by atoms with Gasteiger partial charge >= 0.3 is 0 Å². The molecule has 0 saturated carbocycles. The third kappa shape index (κ3) is 4.50. The largest absolute Gasteiger partial charge is 0.507 e. The predicted molar refractivity (Wildman–Crippen MR) is 94.4 cm³/mol. The molecule has 5 heteroatoms. The van der Waals surface area contributed by atoms with Gasteiger partial charge in [0, 0.05) is 4.90 Å². The van der Waals surface area contributed by atoms with Gasteiger partial charge in [-0.15, -0.1) is 0 Å². The lowest BCUT2D eigenvalue weighted by Crippen LogP contribution is -2.32. The fourth-order valence-corrected chi connectivity index (χ4v) is 2.63. The van der Waals surface area contributed by atoms with Crippen molar-refractivity contribution in [1.82, 2.24) is 10.3 Å². The molecule has 0 aliphatic rings. The Bertz CT molecular complexity index is 694. The van der Waals surface area contributed by atoms with E-state index in [2.05, 4.69) is 31.0 Å². The van der Waals surface area contributed by atoms with Crippen LogP contribution in [0.4, 0.5) is 0 Å². The van der Waals surface area contributed by atoms with Crippen LogP contribution in [0, 0.1) is 6.92 Å². The summed E-state index contributed by atoms with van der Waals surface area (Å²) in [5.74, 6) is -0.345. The van der Waals surface area contributed by atoms with E-state index in [1.54, 1.807) is 13.0 Å². The number of hydrogen-bond donors (Lipinski definition) is 3. The molecule has 2 aromatic rings. The van der Waals surface area contributed by atoms with Gasteiger partial charge in [-0.25, -0.2) is 0 Å². The summed E-state index contributed by atoms with van der Waals surface area (Å²) in [5, 5.41) is 10.2. The standard InChI is InChI=1S/C18H22N2O2S/c1-12-10-13(18(2,3)4)11-15(16(12)21)17(22)19-20-23-14-8-6-5-7-9-14/h5-11,20-21H,1-4H3,(H,19,22). The highest BCUT2D eigenvalue weighted by Crippen LogP contribution is 2.30. The van der Waals surface area contributed by atoms with Gasteiger partial charge < -0.3 is 5.11 Å². The highest BCUT2D eigenvalue weighted by atomic mass is 32.2. The Labute approximate surface area is 141 Å². The first-order valence-corrected chi connectivity index (χ1v) is 8.22. The maximum Gasteiger partial charge on any atom is 0.269 e. The van der Waals surface area contributed by atoms with Crippen LogP contribution in [0.2, 0.25) is 0 Å². The Balaban J connectivity index is 2.11. The monoisotopic (exact) mass is 330 g/mol. The van der Waals surface area contributed by atoms with Crippen LogP contribution < -0.4 is 10.3 Å². The molecule has 2 aromatic carbocycles. The van der Waals surface area contributed by atoms with Crippen molar-refractivity contribution in [1.29, 1.82) is 0 Å². The quantitative estimate of drug-likeness (QED) is 0.587. The molecule has 1 amide bonds.